The maximum atomic E-state index is 11.9. The van der Waals surface area contributed by atoms with E-state index in [1.54, 1.807) is 31.2 Å². The van der Waals surface area contributed by atoms with Gasteiger partial charge in [0.1, 0.15) is 6.54 Å². The van der Waals surface area contributed by atoms with E-state index in [4.69, 9.17) is 23.1 Å². The summed E-state index contributed by atoms with van der Waals surface area (Å²) in [5.74, 6) is 1.14. The van der Waals surface area contributed by atoms with E-state index in [1.165, 1.54) is 0 Å². The molecule has 0 heterocycles. The van der Waals surface area contributed by atoms with Crippen molar-refractivity contribution in [3.8, 4) is 12.3 Å². The zero-order chi connectivity index (χ0) is 15.1. The van der Waals surface area contributed by atoms with Crippen molar-refractivity contribution in [3.63, 3.8) is 0 Å². The lowest BCUT2D eigenvalue weighted by atomic mass is 10.1. The molecule has 0 saturated carbocycles. The van der Waals surface area contributed by atoms with Crippen LogP contribution in [0.1, 0.15) is 18.5 Å². The van der Waals surface area contributed by atoms with Gasteiger partial charge >= 0.3 is 12.0 Å². The van der Waals surface area contributed by atoms with Crippen LogP contribution in [0.3, 0.4) is 0 Å². The number of nitrogens with one attached hydrogen (secondary N) is 1. The Morgan fingerprint density at radius 1 is 1.45 bits per heavy atom. The van der Waals surface area contributed by atoms with Crippen LogP contribution in [0.15, 0.2) is 24.3 Å². The van der Waals surface area contributed by atoms with Crippen LogP contribution in [0.4, 0.5) is 4.79 Å². The molecule has 0 aliphatic heterocycles. The summed E-state index contributed by atoms with van der Waals surface area (Å²) in [5.41, 5.74) is 0.860. The van der Waals surface area contributed by atoms with Crippen LogP contribution >= 0.6 is 11.6 Å². The minimum absolute atomic E-state index is 0.0640. The maximum absolute atomic E-state index is 11.9. The van der Waals surface area contributed by atoms with Gasteiger partial charge < -0.3 is 15.3 Å². The molecule has 1 aromatic rings. The van der Waals surface area contributed by atoms with E-state index in [0.717, 1.165) is 10.5 Å². The van der Waals surface area contributed by atoms with Crippen LogP contribution in [0.25, 0.3) is 0 Å². The molecule has 1 unspecified atom stereocenters. The first-order valence-electron chi connectivity index (χ1n) is 5.90. The average molecular weight is 295 g/mol. The Labute approximate surface area is 122 Å². The molecule has 0 fully saturated rings. The number of terminal acetylenes is 1. The molecule has 20 heavy (non-hydrogen) atoms. The molecule has 0 bridgehead atoms. The molecule has 2 N–H and O–H groups in total. The van der Waals surface area contributed by atoms with E-state index in [9.17, 15) is 9.59 Å². The molecule has 0 aliphatic carbocycles. The van der Waals surface area contributed by atoms with Gasteiger partial charge in [0.15, 0.2) is 0 Å². The third-order valence-corrected chi connectivity index (χ3v) is 2.86. The Morgan fingerprint density at radius 3 is 2.55 bits per heavy atom. The minimum atomic E-state index is -1.12. The van der Waals surface area contributed by atoms with Gasteiger partial charge in [0.25, 0.3) is 0 Å². The molecule has 1 rings (SSSR count). The van der Waals surface area contributed by atoms with Crippen molar-refractivity contribution in [2.75, 3.05) is 13.1 Å². The van der Waals surface area contributed by atoms with Gasteiger partial charge in [-0.3, -0.25) is 4.79 Å². The number of carbonyl (C=O) groups excluding carboxylic acids is 1. The van der Waals surface area contributed by atoms with E-state index in [0.29, 0.717) is 5.02 Å². The second-order valence-corrected chi connectivity index (χ2v) is 4.61. The van der Waals surface area contributed by atoms with Crippen molar-refractivity contribution < 1.29 is 14.7 Å². The predicted molar refractivity (Wildman–Crippen MR) is 76.4 cm³/mol. The molecule has 1 aromatic carbocycles. The molecule has 6 heteroatoms. The van der Waals surface area contributed by atoms with Gasteiger partial charge in [-0.2, -0.15) is 0 Å². The number of halogens is 1. The monoisotopic (exact) mass is 294 g/mol. The fourth-order valence-corrected chi connectivity index (χ4v) is 1.71. The molecule has 0 aliphatic rings. The number of hydrogen-bond acceptors (Lipinski definition) is 2. The van der Waals surface area contributed by atoms with E-state index >= 15 is 0 Å². The van der Waals surface area contributed by atoms with Crippen LogP contribution in [-0.4, -0.2) is 35.1 Å². The number of rotatable bonds is 5. The molecule has 0 spiro atoms. The van der Waals surface area contributed by atoms with Crippen LogP contribution in [0.5, 0.6) is 0 Å². The number of carboxylic acid groups (broad SMARTS) is 1. The van der Waals surface area contributed by atoms with Crippen molar-refractivity contribution in [3.05, 3.63) is 34.9 Å². The van der Waals surface area contributed by atoms with Gasteiger partial charge in [-0.05, 0) is 24.6 Å². The summed E-state index contributed by atoms with van der Waals surface area (Å²) in [6.45, 7) is 1.28. The second-order valence-electron chi connectivity index (χ2n) is 4.18. The molecule has 5 nitrogen and oxygen atoms in total. The summed E-state index contributed by atoms with van der Waals surface area (Å²) in [5, 5.41) is 12.0. The summed E-state index contributed by atoms with van der Waals surface area (Å²) >= 11 is 5.79. The van der Waals surface area contributed by atoms with Crippen molar-refractivity contribution in [2.45, 2.75) is 13.0 Å². The Morgan fingerprint density at radius 2 is 2.05 bits per heavy atom. The summed E-state index contributed by atoms with van der Waals surface area (Å²) in [6.07, 6.45) is 5.12. The lowest BCUT2D eigenvalue weighted by Crippen LogP contribution is -2.43. The SMILES string of the molecule is C#CCN(CC(=O)O)C(=O)NC(C)c1ccc(Cl)cc1. The van der Waals surface area contributed by atoms with Crippen molar-refractivity contribution in [1.82, 2.24) is 10.2 Å². The van der Waals surface area contributed by atoms with Gasteiger partial charge in [-0.25, -0.2) is 4.79 Å². The van der Waals surface area contributed by atoms with Gasteiger partial charge in [0.2, 0.25) is 0 Å². The van der Waals surface area contributed by atoms with Crippen molar-refractivity contribution in [2.24, 2.45) is 0 Å². The minimum Gasteiger partial charge on any atom is -0.480 e. The first-order chi connectivity index (χ1) is 9.43. The van der Waals surface area contributed by atoms with Crippen molar-refractivity contribution >= 4 is 23.6 Å². The van der Waals surface area contributed by atoms with Gasteiger partial charge in [-0.1, -0.05) is 29.7 Å². The third-order valence-electron chi connectivity index (χ3n) is 2.61. The zero-order valence-electron chi connectivity index (χ0n) is 11.0. The van der Waals surface area contributed by atoms with Crippen LogP contribution < -0.4 is 5.32 Å². The number of benzene rings is 1. The fourth-order valence-electron chi connectivity index (χ4n) is 1.58. The molecule has 1 atom stereocenters. The zero-order valence-corrected chi connectivity index (χ0v) is 11.7. The Kier molecular flexibility index (Phi) is 5.88. The summed E-state index contributed by atoms with van der Waals surface area (Å²) in [6, 6.07) is 6.21. The quantitative estimate of drug-likeness (QED) is 0.817. The lowest BCUT2D eigenvalue weighted by molar-refractivity contribution is -0.137. The summed E-state index contributed by atoms with van der Waals surface area (Å²) < 4.78 is 0. The Hall–Kier alpha value is -2.19. The topological polar surface area (TPSA) is 69.6 Å². The lowest BCUT2D eigenvalue weighted by Gasteiger charge is -2.22. The van der Waals surface area contributed by atoms with Gasteiger partial charge in [0, 0.05) is 5.02 Å². The van der Waals surface area contributed by atoms with E-state index in [-0.39, 0.29) is 12.6 Å². The maximum Gasteiger partial charge on any atom is 0.323 e. The standard InChI is InChI=1S/C14H15ClN2O3/c1-3-8-17(9-13(18)19)14(20)16-10(2)11-4-6-12(15)7-5-11/h1,4-7,10H,8-9H2,2H3,(H,16,20)(H,18,19). The molecule has 0 radical (unpaired) electrons. The first-order valence-corrected chi connectivity index (χ1v) is 6.28. The van der Waals surface area contributed by atoms with E-state index in [2.05, 4.69) is 11.2 Å². The largest absolute Gasteiger partial charge is 0.480 e. The number of urea groups is 1. The smallest absolute Gasteiger partial charge is 0.323 e. The number of amides is 2. The van der Waals surface area contributed by atoms with Crippen LogP contribution in [0, 0.1) is 12.3 Å². The van der Waals surface area contributed by atoms with E-state index in [1.807, 2.05) is 0 Å². The van der Waals surface area contributed by atoms with E-state index < -0.39 is 18.5 Å². The second kappa shape index (κ2) is 7.41. The Bertz CT molecular complexity index is 522. The predicted octanol–water partition coefficient (Wildman–Crippen LogP) is 2.13. The highest BCUT2D eigenvalue weighted by atomic mass is 35.5. The number of nitrogens with zero attached hydrogens (tertiary/aromatic N) is 1. The fraction of sp³-hybridized carbons (Fsp3) is 0.286. The van der Waals surface area contributed by atoms with Crippen LogP contribution in [-0.2, 0) is 4.79 Å². The van der Waals surface area contributed by atoms with Gasteiger partial charge in [0.05, 0.1) is 12.6 Å². The molecular weight excluding hydrogens is 280 g/mol. The van der Waals surface area contributed by atoms with Gasteiger partial charge in [-0.15, -0.1) is 6.42 Å². The highest BCUT2D eigenvalue weighted by molar-refractivity contribution is 6.30. The van der Waals surface area contributed by atoms with Crippen LogP contribution in [0.2, 0.25) is 5.02 Å². The number of carboxylic acids is 1. The number of hydrogen-bond donors (Lipinski definition) is 2. The molecule has 0 aromatic heterocycles. The highest BCUT2D eigenvalue weighted by Gasteiger charge is 2.18. The molecular formula is C14H15ClN2O3. The number of aliphatic carboxylic acids is 1. The normalized spacial score (nSPS) is 11.2. The molecule has 2 amide bonds. The highest BCUT2D eigenvalue weighted by Crippen LogP contribution is 2.16. The first kappa shape index (κ1) is 15.9. The Balaban J connectivity index is 2.69. The molecule has 0 saturated heterocycles. The van der Waals surface area contributed by atoms with Crippen molar-refractivity contribution in [1.29, 1.82) is 0 Å². The summed E-state index contributed by atoms with van der Waals surface area (Å²) in [4.78, 5) is 23.7. The third kappa shape index (κ3) is 4.82. The summed E-state index contributed by atoms with van der Waals surface area (Å²) in [7, 11) is 0. The number of carbonyl (C=O) groups is 2. The average Bonchev–Trinajstić information content (AvgIpc) is 2.38. The molecule has 106 valence electrons.